The van der Waals surface area contributed by atoms with E-state index in [1.807, 2.05) is 43.6 Å². The molecule has 0 radical (unpaired) electrons. The number of piperazine rings is 1. The summed E-state index contributed by atoms with van der Waals surface area (Å²) in [5, 5.41) is 15.9. The minimum atomic E-state index is -5.08. The number of carboxylic acids is 2. The topological polar surface area (TPSA) is 103 Å². The number of carboxylic acid groups (broad SMARTS) is 2. The third kappa shape index (κ3) is 8.87. The van der Waals surface area contributed by atoms with E-state index in [9.17, 15) is 18.0 Å². The molecule has 0 amide bonds. The SMILES string of the molecule is CC(COc1ccc(N2CCN(c3ccncc3)CC2)cc1)CC(=O)O.O=C(O)C(F)(F)F. The molecule has 0 aliphatic carbocycles. The zero-order chi connectivity index (χ0) is 24.4. The van der Waals surface area contributed by atoms with Crippen molar-refractivity contribution >= 4 is 23.3 Å². The summed E-state index contributed by atoms with van der Waals surface area (Å²) in [4.78, 5) is 28.4. The van der Waals surface area contributed by atoms with E-state index in [2.05, 4.69) is 26.9 Å². The maximum Gasteiger partial charge on any atom is 0.490 e. The van der Waals surface area contributed by atoms with Gasteiger partial charge in [0.05, 0.1) is 13.0 Å². The van der Waals surface area contributed by atoms with Crippen LogP contribution in [0, 0.1) is 5.92 Å². The zero-order valence-corrected chi connectivity index (χ0v) is 18.0. The Bertz CT molecular complexity index is 886. The lowest BCUT2D eigenvalue weighted by atomic mass is 10.1. The van der Waals surface area contributed by atoms with Crippen molar-refractivity contribution in [3.05, 3.63) is 48.8 Å². The summed E-state index contributed by atoms with van der Waals surface area (Å²) in [7, 11) is 0. The van der Waals surface area contributed by atoms with Crippen LogP contribution in [0.1, 0.15) is 13.3 Å². The number of aliphatic carboxylic acids is 2. The Morgan fingerprint density at radius 1 is 0.970 bits per heavy atom. The van der Waals surface area contributed by atoms with Crippen LogP contribution >= 0.6 is 0 Å². The minimum absolute atomic E-state index is 0.00607. The number of anilines is 2. The third-order valence-corrected chi connectivity index (χ3v) is 4.81. The Kier molecular flexibility index (Phi) is 9.31. The molecule has 11 heteroatoms. The normalized spacial score (nSPS) is 14.7. The fourth-order valence-electron chi connectivity index (χ4n) is 3.13. The van der Waals surface area contributed by atoms with E-state index in [-0.39, 0.29) is 12.3 Å². The second-order valence-electron chi connectivity index (χ2n) is 7.49. The average Bonchev–Trinajstić information content (AvgIpc) is 2.78. The molecule has 2 N–H and O–H groups in total. The summed E-state index contributed by atoms with van der Waals surface area (Å²) in [5.41, 5.74) is 2.41. The summed E-state index contributed by atoms with van der Waals surface area (Å²) >= 11 is 0. The lowest BCUT2D eigenvalue weighted by Gasteiger charge is -2.37. The molecule has 2 heterocycles. The molecule has 1 aliphatic heterocycles. The molecule has 180 valence electrons. The number of carbonyl (C=O) groups is 2. The molecule has 8 nitrogen and oxygen atoms in total. The zero-order valence-electron chi connectivity index (χ0n) is 18.0. The second kappa shape index (κ2) is 11.9. The molecule has 0 spiro atoms. The van der Waals surface area contributed by atoms with Gasteiger partial charge in [0, 0.05) is 55.9 Å². The number of hydrogen-bond donors (Lipinski definition) is 2. The quantitative estimate of drug-likeness (QED) is 0.635. The van der Waals surface area contributed by atoms with Gasteiger partial charge in [0.1, 0.15) is 5.75 Å². The van der Waals surface area contributed by atoms with Crippen LogP contribution < -0.4 is 14.5 Å². The van der Waals surface area contributed by atoms with E-state index >= 15 is 0 Å². The molecule has 3 rings (SSSR count). The number of aromatic nitrogens is 1. The van der Waals surface area contributed by atoms with E-state index in [1.165, 1.54) is 11.4 Å². The van der Waals surface area contributed by atoms with Gasteiger partial charge in [-0.1, -0.05) is 6.92 Å². The van der Waals surface area contributed by atoms with Crippen LogP contribution in [0.5, 0.6) is 5.75 Å². The number of hydrogen-bond acceptors (Lipinski definition) is 6. The maximum absolute atomic E-state index is 10.7. The van der Waals surface area contributed by atoms with E-state index in [0.29, 0.717) is 6.61 Å². The summed E-state index contributed by atoms with van der Waals surface area (Å²) < 4.78 is 37.4. The Labute approximate surface area is 189 Å². The van der Waals surface area contributed by atoms with Crippen LogP contribution in [0.25, 0.3) is 0 Å². The third-order valence-electron chi connectivity index (χ3n) is 4.81. The first-order valence-corrected chi connectivity index (χ1v) is 10.2. The lowest BCUT2D eigenvalue weighted by molar-refractivity contribution is -0.192. The predicted octanol–water partition coefficient (Wildman–Crippen LogP) is 3.53. The first-order chi connectivity index (χ1) is 15.6. The highest BCUT2D eigenvalue weighted by Crippen LogP contribution is 2.23. The van der Waals surface area contributed by atoms with Crippen molar-refractivity contribution in [2.75, 3.05) is 42.6 Å². The standard InChI is InChI=1S/C20H25N3O3.C2HF3O2/c1-16(14-20(24)25)15-26-19-4-2-17(3-5-19)22-10-12-23(13-11-22)18-6-8-21-9-7-18;3-2(4,5)1(6)7/h2-9,16H,10-15H2,1H3,(H,24,25);(H,6,7). The van der Waals surface area contributed by atoms with Crippen molar-refractivity contribution < 1.29 is 37.7 Å². The molecule has 1 unspecified atom stereocenters. The Hall–Kier alpha value is -3.50. The lowest BCUT2D eigenvalue weighted by Crippen LogP contribution is -2.46. The van der Waals surface area contributed by atoms with Crippen LogP contribution in [0.2, 0.25) is 0 Å². The molecule has 1 aliphatic rings. The summed E-state index contributed by atoms with van der Waals surface area (Å²) in [6.07, 6.45) is -1.30. The Morgan fingerprint density at radius 3 is 1.85 bits per heavy atom. The molecule has 2 aromatic rings. The smallest absolute Gasteiger partial charge is 0.490 e. The number of ether oxygens (including phenoxy) is 1. The van der Waals surface area contributed by atoms with Gasteiger partial charge in [-0.2, -0.15) is 13.2 Å². The fraction of sp³-hybridized carbons (Fsp3) is 0.409. The van der Waals surface area contributed by atoms with E-state index in [0.717, 1.165) is 31.9 Å². The number of halogens is 3. The maximum atomic E-state index is 10.7. The highest BCUT2D eigenvalue weighted by Gasteiger charge is 2.38. The molecule has 0 bridgehead atoms. The monoisotopic (exact) mass is 469 g/mol. The largest absolute Gasteiger partial charge is 0.493 e. The number of nitrogens with zero attached hydrogens (tertiary/aromatic N) is 3. The van der Waals surface area contributed by atoms with Gasteiger partial charge in [-0.25, -0.2) is 4.79 Å². The number of rotatable bonds is 7. The van der Waals surface area contributed by atoms with Crippen molar-refractivity contribution in [2.24, 2.45) is 5.92 Å². The summed E-state index contributed by atoms with van der Waals surface area (Å²) in [6.45, 7) is 6.20. The van der Waals surface area contributed by atoms with Gasteiger partial charge in [-0.3, -0.25) is 9.78 Å². The molecular formula is C22H26F3N3O5. The molecule has 33 heavy (non-hydrogen) atoms. The van der Waals surface area contributed by atoms with E-state index < -0.39 is 18.1 Å². The Balaban J connectivity index is 0.000000479. The van der Waals surface area contributed by atoms with Crippen molar-refractivity contribution in [1.82, 2.24) is 4.98 Å². The highest BCUT2D eigenvalue weighted by atomic mass is 19.4. The number of benzene rings is 1. The van der Waals surface area contributed by atoms with E-state index in [1.54, 1.807) is 0 Å². The molecule has 1 fully saturated rings. The molecule has 1 atom stereocenters. The van der Waals surface area contributed by atoms with Crippen LogP contribution in [0.15, 0.2) is 48.8 Å². The van der Waals surface area contributed by atoms with Crippen LogP contribution in [-0.2, 0) is 9.59 Å². The average molecular weight is 469 g/mol. The minimum Gasteiger partial charge on any atom is -0.493 e. The van der Waals surface area contributed by atoms with E-state index in [4.69, 9.17) is 19.7 Å². The second-order valence-corrected chi connectivity index (χ2v) is 7.49. The van der Waals surface area contributed by atoms with Crippen molar-refractivity contribution in [3.63, 3.8) is 0 Å². The number of pyridine rings is 1. The van der Waals surface area contributed by atoms with Crippen LogP contribution in [0.4, 0.5) is 24.5 Å². The molecule has 1 aromatic carbocycles. The highest BCUT2D eigenvalue weighted by molar-refractivity contribution is 5.73. The molecule has 1 saturated heterocycles. The van der Waals surface area contributed by atoms with Gasteiger partial charge in [0.25, 0.3) is 0 Å². The Morgan fingerprint density at radius 2 is 1.42 bits per heavy atom. The van der Waals surface area contributed by atoms with Gasteiger partial charge in [0.15, 0.2) is 0 Å². The van der Waals surface area contributed by atoms with Crippen LogP contribution in [0.3, 0.4) is 0 Å². The fourth-order valence-corrected chi connectivity index (χ4v) is 3.13. The number of alkyl halides is 3. The summed E-state index contributed by atoms with van der Waals surface area (Å²) in [6, 6.07) is 12.1. The van der Waals surface area contributed by atoms with Crippen molar-refractivity contribution in [1.29, 1.82) is 0 Å². The van der Waals surface area contributed by atoms with Gasteiger partial charge in [-0.15, -0.1) is 0 Å². The van der Waals surface area contributed by atoms with Gasteiger partial charge < -0.3 is 24.7 Å². The van der Waals surface area contributed by atoms with Gasteiger partial charge in [0.2, 0.25) is 0 Å². The predicted molar refractivity (Wildman–Crippen MR) is 116 cm³/mol. The first-order valence-electron chi connectivity index (χ1n) is 10.2. The van der Waals surface area contributed by atoms with Gasteiger partial charge >= 0.3 is 18.1 Å². The van der Waals surface area contributed by atoms with Crippen LogP contribution in [-0.4, -0.2) is 66.1 Å². The van der Waals surface area contributed by atoms with Crippen molar-refractivity contribution in [2.45, 2.75) is 19.5 Å². The van der Waals surface area contributed by atoms with Crippen molar-refractivity contribution in [3.8, 4) is 5.75 Å². The molecular weight excluding hydrogens is 443 g/mol. The first kappa shape index (κ1) is 25.8. The molecule has 0 saturated carbocycles. The summed E-state index contributed by atoms with van der Waals surface area (Å²) in [5.74, 6) is -2.77. The van der Waals surface area contributed by atoms with Gasteiger partial charge in [-0.05, 0) is 36.4 Å². The molecule has 1 aromatic heterocycles.